The first kappa shape index (κ1) is 11.5. The average Bonchev–Trinajstić information content (AvgIpc) is 2.72. The van der Waals surface area contributed by atoms with Crippen molar-refractivity contribution in [3.8, 4) is 0 Å². The van der Waals surface area contributed by atoms with E-state index in [1.807, 2.05) is 7.05 Å². The largest absolute Gasteiger partial charge is 0.317 e. The van der Waals surface area contributed by atoms with Crippen LogP contribution in [0.5, 0.6) is 0 Å². The maximum atomic E-state index is 4.25. The molecule has 2 rings (SSSR count). The lowest BCUT2D eigenvalue weighted by Crippen LogP contribution is -2.34. The molecule has 90 valence electrons. The van der Waals surface area contributed by atoms with Crippen LogP contribution in [0.25, 0.3) is 0 Å². The molecule has 0 unspecified atom stereocenters. The first-order valence-corrected chi connectivity index (χ1v) is 6.10. The van der Waals surface area contributed by atoms with Gasteiger partial charge in [0.05, 0.1) is 0 Å². The van der Waals surface area contributed by atoms with Gasteiger partial charge in [0.25, 0.3) is 0 Å². The Labute approximate surface area is 96.6 Å². The first-order valence-electron chi connectivity index (χ1n) is 6.10. The zero-order valence-electron chi connectivity index (χ0n) is 9.95. The molecule has 16 heavy (non-hydrogen) atoms. The van der Waals surface area contributed by atoms with Crippen molar-refractivity contribution in [2.45, 2.75) is 19.3 Å². The molecule has 1 aliphatic heterocycles. The third-order valence-corrected chi connectivity index (χ3v) is 3.06. The number of aryl methyl sites for hydroxylation is 1. The molecular formula is C11H21N5. The van der Waals surface area contributed by atoms with Crippen molar-refractivity contribution >= 4 is 0 Å². The number of hydrogen-bond acceptors (Lipinski definition) is 4. The second-order valence-electron chi connectivity index (χ2n) is 4.48. The fourth-order valence-corrected chi connectivity index (χ4v) is 2.09. The molecule has 2 heterocycles. The molecule has 0 aromatic carbocycles. The number of nitrogens with zero attached hydrogens (tertiary/aromatic N) is 3. The highest BCUT2D eigenvalue weighted by atomic mass is 15.3. The third-order valence-electron chi connectivity index (χ3n) is 3.06. The highest BCUT2D eigenvalue weighted by molar-refractivity contribution is 4.82. The Balaban J connectivity index is 1.57. The van der Waals surface area contributed by atoms with E-state index in [1.54, 1.807) is 11.0 Å². The van der Waals surface area contributed by atoms with Gasteiger partial charge in [-0.3, -0.25) is 4.68 Å². The molecule has 5 nitrogen and oxygen atoms in total. The van der Waals surface area contributed by atoms with Gasteiger partial charge in [0.2, 0.25) is 0 Å². The van der Waals surface area contributed by atoms with E-state index in [9.17, 15) is 0 Å². The maximum absolute atomic E-state index is 4.25. The van der Waals surface area contributed by atoms with Gasteiger partial charge in [-0.25, -0.2) is 4.98 Å². The zero-order chi connectivity index (χ0) is 11.2. The standard InChI is InChI=1S/C11H21N5/c1-16-9-14-11(15-16)4-7-13-8-10-2-5-12-6-3-10/h9-10,12-13H,2-8H2,1H3. The van der Waals surface area contributed by atoms with Gasteiger partial charge in [0.1, 0.15) is 6.33 Å². The topological polar surface area (TPSA) is 54.8 Å². The molecule has 5 heteroatoms. The van der Waals surface area contributed by atoms with E-state index in [-0.39, 0.29) is 0 Å². The van der Waals surface area contributed by atoms with Crippen LogP contribution in [-0.4, -0.2) is 40.9 Å². The molecule has 0 aliphatic carbocycles. The Morgan fingerprint density at radius 1 is 1.50 bits per heavy atom. The summed E-state index contributed by atoms with van der Waals surface area (Å²) in [4.78, 5) is 4.20. The van der Waals surface area contributed by atoms with E-state index in [4.69, 9.17) is 0 Å². The van der Waals surface area contributed by atoms with E-state index in [2.05, 4.69) is 20.7 Å². The summed E-state index contributed by atoms with van der Waals surface area (Å²) in [6.07, 6.45) is 5.28. The van der Waals surface area contributed by atoms with Crippen LogP contribution in [0.4, 0.5) is 0 Å². The van der Waals surface area contributed by atoms with E-state index >= 15 is 0 Å². The molecule has 0 radical (unpaired) electrons. The van der Waals surface area contributed by atoms with Crippen LogP contribution in [0.2, 0.25) is 0 Å². The highest BCUT2D eigenvalue weighted by Crippen LogP contribution is 2.09. The van der Waals surface area contributed by atoms with E-state index in [1.165, 1.54) is 25.9 Å². The Morgan fingerprint density at radius 2 is 2.31 bits per heavy atom. The minimum absolute atomic E-state index is 0.845. The lowest BCUT2D eigenvalue weighted by molar-refractivity contribution is 0.357. The summed E-state index contributed by atoms with van der Waals surface area (Å²) in [5.41, 5.74) is 0. The number of piperidine rings is 1. The molecule has 1 aromatic rings. The molecule has 2 N–H and O–H groups in total. The summed E-state index contributed by atoms with van der Waals surface area (Å²) in [5.74, 6) is 1.78. The van der Waals surface area contributed by atoms with Crippen LogP contribution >= 0.6 is 0 Å². The molecule has 0 bridgehead atoms. The molecule has 1 aromatic heterocycles. The van der Waals surface area contributed by atoms with Crippen molar-refractivity contribution in [3.63, 3.8) is 0 Å². The predicted molar refractivity (Wildman–Crippen MR) is 63.2 cm³/mol. The van der Waals surface area contributed by atoms with Gasteiger partial charge in [-0.15, -0.1) is 0 Å². The van der Waals surface area contributed by atoms with Crippen molar-refractivity contribution in [1.82, 2.24) is 25.4 Å². The highest BCUT2D eigenvalue weighted by Gasteiger charge is 2.11. The van der Waals surface area contributed by atoms with E-state index in [0.717, 1.165) is 31.3 Å². The van der Waals surface area contributed by atoms with Gasteiger partial charge in [0, 0.05) is 20.0 Å². The van der Waals surface area contributed by atoms with Crippen molar-refractivity contribution < 1.29 is 0 Å². The minimum Gasteiger partial charge on any atom is -0.317 e. The van der Waals surface area contributed by atoms with Crippen LogP contribution in [-0.2, 0) is 13.5 Å². The van der Waals surface area contributed by atoms with Gasteiger partial charge >= 0.3 is 0 Å². The van der Waals surface area contributed by atoms with Crippen molar-refractivity contribution in [3.05, 3.63) is 12.2 Å². The van der Waals surface area contributed by atoms with Crippen molar-refractivity contribution in [2.24, 2.45) is 13.0 Å². The Kier molecular flexibility index (Phi) is 4.30. The van der Waals surface area contributed by atoms with Crippen molar-refractivity contribution in [2.75, 3.05) is 26.2 Å². The third kappa shape index (κ3) is 3.57. The van der Waals surface area contributed by atoms with Gasteiger partial charge in [-0.05, 0) is 38.4 Å². The van der Waals surface area contributed by atoms with Crippen LogP contribution < -0.4 is 10.6 Å². The predicted octanol–water partition coefficient (Wildman–Crippen LogP) is -0.0532. The normalized spacial score (nSPS) is 17.8. The first-order chi connectivity index (χ1) is 7.84. The summed E-state index contributed by atoms with van der Waals surface area (Å²) in [5, 5.41) is 11.1. The van der Waals surface area contributed by atoms with Crippen LogP contribution in [0.1, 0.15) is 18.7 Å². The lowest BCUT2D eigenvalue weighted by Gasteiger charge is -2.22. The molecule has 1 aliphatic rings. The molecule has 1 saturated heterocycles. The fourth-order valence-electron chi connectivity index (χ4n) is 2.09. The number of rotatable bonds is 5. The summed E-state index contributed by atoms with van der Waals surface area (Å²) < 4.78 is 1.75. The van der Waals surface area contributed by atoms with Gasteiger partial charge in [0.15, 0.2) is 5.82 Å². The smallest absolute Gasteiger partial charge is 0.151 e. The molecule has 0 spiro atoms. The maximum Gasteiger partial charge on any atom is 0.151 e. The van der Waals surface area contributed by atoms with Crippen molar-refractivity contribution in [1.29, 1.82) is 0 Å². The zero-order valence-corrected chi connectivity index (χ0v) is 9.95. The van der Waals surface area contributed by atoms with Gasteiger partial charge in [-0.1, -0.05) is 0 Å². The molecule has 0 saturated carbocycles. The number of nitrogens with one attached hydrogen (secondary N) is 2. The Morgan fingerprint density at radius 3 is 3.00 bits per heavy atom. The fraction of sp³-hybridized carbons (Fsp3) is 0.818. The Bertz CT molecular complexity index is 303. The average molecular weight is 223 g/mol. The monoisotopic (exact) mass is 223 g/mol. The summed E-state index contributed by atoms with van der Waals surface area (Å²) in [6.45, 7) is 4.46. The van der Waals surface area contributed by atoms with Crippen LogP contribution in [0, 0.1) is 5.92 Å². The molecule has 0 atom stereocenters. The molecule has 0 amide bonds. The summed E-state index contributed by atoms with van der Waals surface area (Å²) >= 11 is 0. The van der Waals surface area contributed by atoms with Gasteiger partial charge < -0.3 is 10.6 Å². The lowest BCUT2D eigenvalue weighted by atomic mass is 9.98. The van der Waals surface area contributed by atoms with Gasteiger partial charge in [-0.2, -0.15) is 5.10 Å². The SMILES string of the molecule is Cn1cnc(CCNCC2CCNCC2)n1. The molecular weight excluding hydrogens is 202 g/mol. The number of aromatic nitrogens is 3. The minimum atomic E-state index is 0.845. The van der Waals surface area contributed by atoms with E-state index < -0.39 is 0 Å². The second-order valence-corrected chi connectivity index (χ2v) is 4.48. The quantitative estimate of drug-likeness (QED) is 0.687. The summed E-state index contributed by atoms with van der Waals surface area (Å²) in [7, 11) is 1.90. The second kappa shape index (κ2) is 5.96. The van der Waals surface area contributed by atoms with Crippen LogP contribution in [0.3, 0.4) is 0 Å². The van der Waals surface area contributed by atoms with Crippen LogP contribution in [0.15, 0.2) is 6.33 Å². The van der Waals surface area contributed by atoms with E-state index in [0.29, 0.717) is 0 Å². The summed E-state index contributed by atoms with van der Waals surface area (Å²) in [6, 6.07) is 0. The Hall–Kier alpha value is -0.940. The number of hydrogen-bond donors (Lipinski definition) is 2. The molecule has 1 fully saturated rings.